The third-order valence-electron chi connectivity index (χ3n) is 3.72. The number of rotatable bonds is 7. The lowest BCUT2D eigenvalue weighted by Gasteiger charge is -2.28. The van der Waals surface area contributed by atoms with E-state index in [0.717, 1.165) is 18.4 Å². The molecule has 1 rings (SSSR count). The van der Waals surface area contributed by atoms with Crippen molar-refractivity contribution in [3.8, 4) is 0 Å². The molecule has 0 aromatic carbocycles. The Hall–Kier alpha value is -1.91. The monoisotopic (exact) mass is 292 g/mol. The number of carbonyl (C=O) groups excluding carboxylic acids is 1. The second kappa shape index (κ2) is 7.76. The van der Waals surface area contributed by atoms with Crippen LogP contribution >= 0.6 is 0 Å². The molecule has 0 saturated carbocycles. The lowest BCUT2D eigenvalue weighted by atomic mass is 10.0. The quantitative estimate of drug-likeness (QED) is 0.839. The van der Waals surface area contributed by atoms with Gasteiger partial charge in [-0.25, -0.2) is 4.98 Å². The number of amides is 1. The van der Waals surface area contributed by atoms with Gasteiger partial charge in [-0.3, -0.25) is 14.5 Å². The minimum atomic E-state index is -0.911. The van der Waals surface area contributed by atoms with Crippen molar-refractivity contribution in [3.05, 3.63) is 23.9 Å². The molecule has 0 fully saturated rings. The van der Waals surface area contributed by atoms with Crippen molar-refractivity contribution in [2.24, 2.45) is 11.8 Å². The normalized spacial score (nSPS) is 12.2. The first-order chi connectivity index (χ1) is 9.92. The van der Waals surface area contributed by atoms with Gasteiger partial charge in [0, 0.05) is 18.7 Å². The Balaban J connectivity index is 3.14. The highest BCUT2D eigenvalue weighted by Crippen LogP contribution is 2.22. The molecule has 0 spiro atoms. The number of hydrogen-bond acceptors (Lipinski definition) is 3. The molecule has 5 nitrogen and oxygen atoms in total. The van der Waals surface area contributed by atoms with Crippen LogP contribution in [0.2, 0.25) is 0 Å². The molecule has 1 atom stereocenters. The standard InChI is InChI=1S/C16H24N2O3/c1-5-13(6-2)15(19)18(10-12(4)16(20)21)14-11(3)8-7-9-17-14/h7-9,12-13H,5-6,10H2,1-4H3,(H,20,21). The van der Waals surface area contributed by atoms with Crippen LogP contribution in [-0.2, 0) is 9.59 Å². The summed E-state index contributed by atoms with van der Waals surface area (Å²) < 4.78 is 0. The van der Waals surface area contributed by atoms with E-state index in [4.69, 9.17) is 5.11 Å². The molecule has 21 heavy (non-hydrogen) atoms. The Morgan fingerprint density at radius 1 is 1.33 bits per heavy atom. The van der Waals surface area contributed by atoms with Crippen molar-refractivity contribution in [2.75, 3.05) is 11.4 Å². The number of aromatic nitrogens is 1. The van der Waals surface area contributed by atoms with Gasteiger partial charge in [0.25, 0.3) is 0 Å². The molecule has 0 aliphatic rings. The zero-order valence-electron chi connectivity index (χ0n) is 13.2. The molecule has 0 aliphatic heterocycles. The number of aliphatic carboxylic acids is 1. The fourth-order valence-electron chi connectivity index (χ4n) is 2.25. The summed E-state index contributed by atoms with van der Waals surface area (Å²) in [6, 6.07) is 3.68. The maximum Gasteiger partial charge on any atom is 0.308 e. The van der Waals surface area contributed by atoms with Crippen LogP contribution in [0.5, 0.6) is 0 Å². The smallest absolute Gasteiger partial charge is 0.308 e. The van der Waals surface area contributed by atoms with Crippen molar-refractivity contribution in [3.63, 3.8) is 0 Å². The zero-order chi connectivity index (χ0) is 16.0. The summed E-state index contributed by atoms with van der Waals surface area (Å²) in [6.45, 7) is 7.56. The third kappa shape index (κ3) is 4.28. The highest BCUT2D eigenvalue weighted by molar-refractivity contribution is 5.95. The second-order valence-corrected chi connectivity index (χ2v) is 5.35. The van der Waals surface area contributed by atoms with Crippen molar-refractivity contribution in [1.29, 1.82) is 0 Å². The first kappa shape index (κ1) is 17.1. The molecular weight excluding hydrogens is 268 g/mol. The molecule has 1 aromatic rings. The van der Waals surface area contributed by atoms with Crippen LogP contribution in [0, 0.1) is 18.8 Å². The van der Waals surface area contributed by atoms with Crippen LogP contribution in [0.15, 0.2) is 18.3 Å². The van der Waals surface area contributed by atoms with Gasteiger partial charge < -0.3 is 5.11 Å². The Labute approximate surface area is 126 Å². The van der Waals surface area contributed by atoms with Gasteiger partial charge in [-0.05, 0) is 31.4 Å². The number of carbonyl (C=O) groups is 2. The van der Waals surface area contributed by atoms with Crippen molar-refractivity contribution < 1.29 is 14.7 Å². The summed E-state index contributed by atoms with van der Waals surface area (Å²) in [5, 5.41) is 9.12. The summed E-state index contributed by atoms with van der Waals surface area (Å²) in [7, 11) is 0. The number of nitrogens with zero attached hydrogens (tertiary/aromatic N) is 2. The predicted octanol–water partition coefficient (Wildman–Crippen LogP) is 2.88. The average Bonchev–Trinajstić information content (AvgIpc) is 2.46. The molecular formula is C16H24N2O3. The molecule has 0 radical (unpaired) electrons. The maximum absolute atomic E-state index is 12.7. The van der Waals surface area contributed by atoms with Crippen LogP contribution in [0.25, 0.3) is 0 Å². The third-order valence-corrected chi connectivity index (χ3v) is 3.72. The van der Waals surface area contributed by atoms with Gasteiger partial charge in [-0.1, -0.05) is 26.8 Å². The minimum Gasteiger partial charge on any atom is -0.481 e. The average molecular weight is 292 g/mol. The van der Waals surface area contributed by atoms with Gasteiger partial charge in [0.1, 0.15) is 5.82 Å². The Kier molecular flexibility index (Phi) is 6.34. The number of carboxylic acid groups (broad SMARTS) is 1. The fourth-order valence-corrected chi connectivity index (χ4v) is 2.25. The topological polar surface area (TPSA) is 70.5 Å². The van der Waals surface area contributed by atoms with Crippen molar-refractivity contribution in [1.82, 2.24) is 4.98 Å². The predicted molar refractivity (Wildman–Crippen MR) is 82.2 cm³/mol. The van der Waals surface area contributed by atoms with E-state index in [0.29, 0.717) is 5.82 Å². The maximum atomic E-state index is 12.7. The molecule has 1 heterocycles. The SMILES string of the molecule is CCC(CC)C(=O)N(CC(C)C(=O)O)c1ncccc1C. The Morgan fingerprint density at radius 3 is 2.43 bits per heavy atom. The first-order valence-corrected chi connectivity index (χ1v) is 7.38. The van der Waals surface area contributed by atoms with E-state index in [1.165, 1.54) is 4.90 Å². The van der Waals surface area contributed by atoms with Crippen LogP contribution in [0.1, 0.15) is 39.2 Å². The molecule has 0 aliphatic carbocycles. The molecule has 1 N–H and O–H groups in total. The van der Waals surface area contributed by atoms with Crippen LogP contribution in [0.3, 0.4) is 0 Å². The molecule has 1 aromatic heterocycles. The summed E-state index contributed by atoms with van der Waals surface area (Å²) in [4.78, 5) is 29.6. The summed E-state index contributed by atoms with van der Waals surface area (Å²) in [5.74, 6) is -1.14. The minimum absolute atomic E-state index is 0.0464. The van der Waals surface area contributed by atoms with E-state index in [-0.39, 0.29) is 18.4 Å². The Morgan fingerprint density at radius 2 is 1.95 bits per heavy atom. The number of pyridine rings is 1. The lowest BCUT2D eigenvalue weighted by Crippen LogP contribution is -2.41. The van der Waals surface area contributed by atoms with E-state index in [1.807, 2.05) is 26.8 Å². The molecule has 1 amide bonds. The van der Waals surface area contributed by atoms with Crippen molar-refractivity contribution in [2.45, 2.75) is 40.5 Å². The van der Waals surface area contributed by atoms with E-state index >= 15 is 0 Å². The second-order valence-electron chi connectivity index (χ2n) is 5.35. The number of carboxylic acids is 1. The fraction of sp³-hybridized carbons (Fsp3) is 0.562. The molecule has 0 bridgehead atoms. The van der Waals surface area contributed by atoms with Crippen LogP contribution in [-0.4, -0.2) is 28.5 Å². The first-order valence-electron chi connectivity index (χ1n) is 7.38. The van der Waals surface area contributed by atoms with E-state index in [2.05, 4.69) is 4.98 Å². The van der Waals surface area contributed by atoms with E-state index in [1.54, 1.807) is 19.2 Å². The largest absolute Gasteiger partial charge is 0.481 e. The lowest BCUT2D eigenvalue weighted by molar-refractivity contribution is -0.140. The summed E-state index contributed by atoms with van der Waals surface area (Å²) >= 11 is 0. The highest BCUT2D eigenvalue weighted by Gasteiger charge is 2.27. The zero-order valence-corrected chi connectivity index (χ0v) is 13.2. The van der Waals surface area contributed by atoms with Crippen molar-refractivity contribution >= 4 is 17.7 Å². The number of aryl methyl sites for hydroxylation is 1. The van der Waals surface area contributed by atoms with Gasteiger partial charge in [-0.2, -0.15) is 0 Å². The summed E-state index contributed by atoms with van der Waals surface area (Å²) in [5.41, 5.74) is 0.870. The molecule has 0 saturated heterocycles. The van der Waals surface area contributed by atoms with Gasteiger partial charge in [-0.15, -0.1) is 0 Å². The highest BCUT2D eigenvalue weighted by atomic mass is 16.4. The van der Waals surface area contributed by atoms with Gasteiger partial charge in [0.15, 0.2) is 0 Å². The van der Waals surface area contributed by atoms with Crippen LogP contribution < -0.4 is 4.90 Å². The number of hydrogen-bond donors (Lipinski definition) is 1. The summed E-state index contributed by atoms with van der Waals surface area (Å²) in [6.07, 6.45) is 3.10. The van der Waals surface area contributed by atoms with Gasteiger partial charge in [0.2, 0.25) is 5.91 Å². The molecule has 5 heteroatoms. The number of anilines is 1. The molecule has 116 valence electrons. The Bertz CT molecular complexity index is 498. The van der Waals surface area contributed by atoms with Gasteiger partial charge in [0.05, 0.1) is 5.92 Å². The van der Waals surface area contributed by atoms with Crippen LogP contribution in [0.4, 0.5) is 5.82 Å². The van der Waals surface area contributed by atoms with E-state index in [9.17, 15) is 9.59 Å². The van der Waals surface area contributed by atoms with Gasteiger partial charge >= 0.3 is 5.97 Å². The van der Waals surface area contributed by atoms with E-state index < -0.39 is 11.9 Å². The molecule has 1 unspecified atom stereocenters.